The Kier molecular flexibility index (Phi) is 2.90. The van der Waals surface area contributed by atoms with E-state index in [9.17, 15) is 0 Å². The van der Waals surface area contributed by atoms with Crippen molar-refractivity contribution in [3.8, 4) is 5.69 Å². The van der Waals surface area contributed by atoms with Gasteiger partial charge in [0, 0.05) is 9.79 Å². The number of nitrogens with zero attached hydrogens (tertiary/aromatic N) is 2. The first-order chi connectivity index (χ1) is 14.4. The molecule has 0 atom stereocenters. The fourth-order valence-electron chi connectivity index (χ4n) is 5.15. The van der Waals surface area contributed by atoms with Gasteiger partial charge in [-0.05, 0) is 47.0 Å². The number of benzene rings is 4. The Balaban J connectivity index is 1.75. The van der Waals surface area contributed by atoms with E-state index in [0.717, 1.165) is 11.3 Å². The van der Waals surface area contributed by atoms with Crippen molar-refractivity contribution >= 4 is 22.8 Å². The molecule has 0 N–H and O–H groups in total. The van der Waals surface area contributed by atoms with Gasteiger partial charge in [0.1, 0.15) is 11.2 Å². The van der Waals surface area contributed by atoms with E-state index in [1.165, 1.54) is 37.7 Å². The van der Waals surface area contributed by atoms with Gasteiger partial charge < -0.3 is 0 Å². The Hall–Kier alpha value is -3.30. The first-order valence-electron chi connectivity index (χ1n) is 9.84. The van der Waals surface area contributed by atoms with E-state index in [0.29, 0.717) is 0 Å². The number of rotatable bonds is 0. The normalized spacial score (nSPS) is 15.0. The lowest BCUT2D eigenvalue weighted by atomic mass is 9.69. The number of imidazole rings is 1. The van der Waals surface area contributed by atoms with Gasteiger partial charge in [-0.1, -0.05) is 78.5 Å². The molecule has 3 heterocycles. The number of para-hydroxylation sites is 3. The molecule has 0 amide bonds. The summed E-state index contributed by atoms with van der Waals surface area (Å²) in [7, 11) is 0. The second-order valence-corrected chi connectivity index (χ2v) is 8.70. The molecule has 0 saturated carbocycles. The van der Waals surface area contributed by atoms with Crippen LogP contribution in [0.4, 0.5) is 0 Å². The smallest absolute Gasteiger partial charge is 0.134 e. The predicted octanol–water partition coefficient (Wildman–Crippen LogP) is 6.19. The van der Waals surface area contributed by atoms with E-state index in [4.69, 9.17) is 4.98 Å². The Morgan fingerprint density at radius 3 is 1.97 bits per heavy atom. The molecule has 7 rings (SSSR count). The van der Waals surface area contributed by atoms with Crippen LogP contribution in [0.25, 0.3) is 16.7 Å². The molecule has 5 aromatic rings. The van der Waals surface area contributed by atoms with Gasteiger partial charge in [0.05, 0.1) is 16.7 Å². The quantitative estimate of drug-likeness (QED) is 0.308. The number of fused-ring (bicyclic) bond motifs is 11. The molecule has 0 saturated heterocycles. The summed E-state index contributed by atoms with van der Waals surface area (Å²) >= 11 is 1.86. The Labute approximate surface area is 172 Å². The monoisotopic (exact) mass is 388 g/mol. The molecule has 29 heavy (non-hydrogen) atoms. The van der Waals surface area contributed by atoms with Crippen LogP contribution in [0.1, 0.15) is 22.5 Å². The maximum absolute atomic E-state index is 5.24. The molecule has 3 heteroatoms. The number of hydrogen-bond donors (Lipinski definition) is 0. The number of aromatic nitrogens is 2. The van der Waals surface area contributed by atoms with Gasteiger partial charge in [0.2, 0.25) is 0 Å². The van der Waals surface area contributed by atoms with Gasteiger partial charge in [-0.25, -0.2) is 4.98 Å². The SMILES string of the molecule is c1ccc2c(c1)Sc1ccccc1C21c2ccccc2-n2c1nc1ccccc12. The largest absolute Gasteiger partial charge is 0.295 e. The average Bonchev–Trinajstić information content (AvgIpc) is 3.29. The van der Waals surface area contributed by atoms with Crippen LogP contribution < -0.4 is 0 Å². The highest BCUT2D eigenvalue weighted by molar-refractivity contribution is 7.99. The molecular formula is C26H16N2S. The summed E-state index contributed by atoms with van der Waals surface area (Å²) in [6.07, 6.45) is 0. The molecule has 1 spiro atoms. The second-order valence-electron chi connectivity index (χ2n) is 7.62. The van der Waals surface area contributed by atoms with Crippen LogP contribution >= 0.6 is 11.8 Å². The zero-order chi connectivity index (χ0) is 19.0. The van der Waals surface area contributed by atoms with Gasteiger partial charge in [0.25, 0.3) is 0 Å². The molecular weight excluding hydrogens is 372 g/mol. The van der Waals surface area contributed by atoms with E-state index in [1.54, 1.807) is 0 Å². The first-order valence-corrected chi connectivity index (χ1v) is 10.7. The standard InChI is InChI=1S/C26H16N2S/c1-5-13-21-17(9-1)26(25-27-20-12-4-6-14-22(20)28(21)25)18-10-2-7-15-23(18)29-24-16-8-3-11-19(24)26/h1-16H. The zero-order valence-electron chi connectivity index (χ0n) is 15.5. The van der Waals surface area contributed by atoms with Crippen LogP contribution in [0.5, 0.6) is 0 Å². The summed E-state index contributed by atoms with van der Waals surface area (Å²) in [4.78, 5) is 7.85. The lowest BCUT2D eigenvalue weighted by Gasteiger charge is -2.37. The van der Waals surface area contributed by atoms with E-state index >= 15 is 0 Å². The molecule has 2 aliphatic heterocycles. The molecule has 0 radical (unpaired) electrons. The predicted molar refractivity (Wildman–Crippen MR) is 117 cm³/mol. The van der Waals surface area contributed by atoms with Crippen molar-refractivity contribution in [2.75, 3.05) is 0 Å². The van der Waals surface area contributed by atoms with Gasteiger partial charge in [-0.2, -0.15) is 0 Å². The second kappa shape index (κ2) is 5.40. The lowest BCUT2D eigenvalue weighted by Crippen LogP contribution is -2.32. The summed E-state index contributed by atoms with van der Waals surface area (Å²) < 4.78 is 2.37. The molecule has 2 aliphatic rings. The molecule has 0 fully saturated rings. The van der Waals surface area contributed by atoms with Gasteiger partial charge in [-0.15, -0.1) is 0 Å². The van der Waals surface area contributed by atoms with Gasteiger partial charge >= 0.3 is 0 Å². The zero-order valence-corrected chi connectivity index (χ0v) is 16.4. The summed E-state index contributed by atoms with van der Waals surface area (Å²) in [6, 6.07) is 34.9. The summed E-state index contributed by atoms with van der Waals surface area (Å²) in [6.45, 7) is 0. The minimum absolute atomic E-state index is 0.395. The third kappa shape index (κ3) is 1.77. The molecule has 2 nitrogen and oxygen atoms in total. The van der Waals surface area contributed by atoms with Crippen molar-refractivity contribution in [1.29, 1.82) is 0 Å². The van der Waals surface area contributed by atoms with E-state index in [1.807, 2.05) is 11.8 Å². The minimum Gasteiger partial charge on any atom is -0.295 e. The molecule has 1 aromatic heterocycles. The van der Waals surface area contributed by atoms with E-state index < -0.39 is 5.41 Å². The first kappa shape index (κ1) is 15.6. The van der Waals surface area contributed by atoms with E-state index in [2.05, 4.69) is 102 Å². The summed E-state index contributed by atoms with van der Waals surface area (Å²) in [5.74, 6) is 1.10. The van der Waals surface area contributed by atoms with Crippen LogP contribution in [0, 0.1) is 0 Å². The van der Waals surface area contributed by atoms with Crippen molar-refractivity contribution in [1.82, 2.24) is 9.55 Å². The Bertz CT molecular complexity index is 1400. The third-order valence-corrected chi connectivity index (χ3v) is 7.40. The topological polar surface area (TPSA) is 17.8 Å². The lowest BCUT2D eigenvalue weighted by molar-refractivity contribution is 0.681. The maximum Gasteiger partial charge on any atom is 0.134 e. The van der Waals surface area contributed by atoms with Crippen LogP contribution in [0.3, 0.4) is 0 Å². The van der Waals surface area contributed by atoms with Crippen molar-refractivity contribution in [2.45, 2.75) is 15.2 Å². The third-order valence-electron chi connectivity index (χ3n) is 6.25. The van der Waals surface area contributed by atoms with Gasteiger partial charge in [-0.3, -0.25) is 4.57 Å². The van der Waals surface area contributed by atoms with E-state index in [-0.39, 0.29) is 0 Å². The highest BCUT2D eigenvalue weighted by Gasteiger charge is 2.52. The van der Waals surface area contributed by atoms with Gasteiger partial charge in [0.15, 0.2) is 0 Å². The van der Waals surface area contributed by atoms with Crippen molar-refractivity contribution < 1.29 is 0 Å². The van der Waals surface area contributed by atoms with Crippen LogP contribution in [0.2, 0.25) is 0 Å². The molecule has 0 bridgehead atoms. The van der Waals surface area contributed by atoms with Crippen molar-refractivity contribution in [2.24, 2.45) is 0 Å². The van der Waals surface area contributed by atoms with Crippen LogP contribution in [0.15, 0.2) is 107 Å². The van der Waals surface area contributed by atoms with Crippen LogP contribution in [-0.4, -0.2) is 9.55 Å². The maximum atomic E-state index is 5.24. The average molecular weight is 388 g/mol. The molecule has 4 aromatic carbocycles. The molecule has 0 unspecified atom stereocenters. The Morgan fingerprint density at radius 2 is 1.21 bits per heavy atom. The fourth-order valence-corrected chi connectivity index (χ4v) is 6.35. The fraction of sp³-hybridized carbons (Fsp3) is 0.0385. The van der Waals surface area contributed by atoms with Crippen molar-refractivity contribution in [3.05, 3.63) is 120 Å². The van der Waals surface area contributed by atoms with Crippen LogP contribution in [-0.2, 0) is 5.41 Å². The minimum atomic E-state index is -0.395. The number of hydrogen-bond acceptors (Lipinski definition) is 2. The van der Waals surface area contributed by atoms with Crippen molar-refractivity contribution in [3.63, 3.8) is 0 Å². The highest BCUT2D eigenvalue weighted by atomic mass is 32.2. The Morgan fingerprint density at radius 1 is 0.621 bits per heavy atom. The molecule has 136 valence electrons. The summed E-state index contributed by atoms with van der Waals surface area (Å²) in [5, 5.41) is 0. The summed E-state index contributed by atoms with van der Waals surface area (Å²) in [5.41, 5.74) is 7.01. The molecule has 0 aliphatic carbocycles. The highest BCUT2D eigenvalue weighted by Crippen LogP contribution is 2.59.